The van der Waals surface area contributed by atoms with Crippen LogP contribution in [0.15, 0.2) is 12.7 Å². The molecule has 0 radical (unpaired) electrons. The Morgan fingerprint density at radius 1 is 1.44 bits per heavy atom. The molecular weight excluding hydrogens is 200 g/mol. The molecule has 2 nitrogen and oxygen atoms in total. The van der Waals surface area contributed by atoms with Gasteiger partial charge in [-0.2, -0.15) is 0 Å². The Bertz CT molecular complexity index is 297. The zero-order chi connectivity index (χ0) is 11.6. The van der Waals surface area contributed by atoms with Crippen LogP contribution < -0.4 is 0 Å². The zero-order valence-electron chi connectivity index (χ0n) is 10.3. The van der Waals surface area contributed by atoms with Crippen LogP contribution in [0.4, 0.5) is 0 Å². The SMILES string of the molecule is C=CCOC[C@@]12CCC[C@]1(C)CC(=O)CC2. The summed E-state index contributed by atoms with van der Waals surface area (Å²) < 4.78 is 5.70. The van der Waals surface area contributed by atoms with E-state index in [0.717, 1.165) is 25.9 Å². The van der Waals surface area contributed by atoms with Gasteiger partial charge in [-0.25, -0.2) is 0 Å². The molecule has 0 unspecified atom stereocenters. The quantitative estimate of drug-likeness (QED) is 0.539. The van der Waals surface area contributed by atoms with Crippen LogP contribution in [0.5, 0.6) is 0 Å². The van der Waals surface area contributed by atoms with Crippen molar-refractivity contribution in [3.63, 3.8) is 0 Å². The van der Waals surface area contributed by atoms with Crippen molar-refractivity contribution >= 4 is 5.78 Å². The highest BCUT2D eigenvalue weighted by Gasteiger charge is 2.54. The Hall–Kier alpha value is -0.630. The first-order valence-corrected chi connectivity index (χ1v) is 6.32. The van der Waals surface area contributed by atoms with Crippen LogP contribution in [0.2, 0.25) is 0 Å². The highest BCUT2D eigenvalue weighted by molar-refractivity contribution is 5.80. The molecule has 90 valence electrons. The Balaban J connectivity index is 2.10. The molecule has 2 saturated carbocycles. The maximum Gasteiger partial charge on any atom is 0.133 e. The Morgan fingerprint density at radius 2 is 2.25 bits per heavy atom. The van der Waals surface area contributed by atoms with Crippen molar-refractivity contribution in [3.8, 4) is 0 Å². The Morgan fingerprint density at radius 3 is 3.00 bits per heavy atom. The van der Waals surface area contributed by atoms with E-state index in [1.54, 1.807) is 6.08 Å². The van der Waals surface area contributed by atoms with Crippen LogP contribution >= 0.6 is 0 Å². The molecule has 2 aliphatic carbocycles. The summed E-state index contributed by atoms with van der Waals surface area (Å²) in [6, 6.07) is 0. The second kappa shape index (κ2) is 4.33. The molecule has 0 aliphatic heterocycles. The fraction of sp³-hybridized carbons (Fsp3) is 0.786. The number of carbonyl (C=O) groups is 1. The number of carbonyl (C=O) groups excluding carboxylic acids is 1. The van der Waals surface area contributed by atoms with Gasteiger partial charge in [0.1, 0.15) is 5.78 Å². The Kier molecular flexibility index (Phi) is 3.20. The molecule has 0 bridgehead atoms. The maximum atomic E-state index is 11.6. The lowest BCUT2D eigenvalue weighted by Gasteiger charge is -2.46. The predicted octanol–water partition coefficient (Wildman–Crippen LogP) is 3.12. The summed E-state index contributed by atoms with van der Waals surface area (Å²) in [5.74, 6) is 0.448. The Labute approximate surface area is 98.1 Å². The van der Waals surface area contributed by atoms with Crippen LogP contribution in [0.1, 0.15) is 45.4 Å². The molecule has 0 aromatic carbocycles. The van der Waals surface area contributed by atoms with Gasteiger partial charge < -0.3 is 4.74 Å². The number of rotatable bonds is 4. The van der Waals surface area contributed by atoms with E-state index in [4.69, 9.17) is 4.74 Å². The van der Waals surface area contributed by atoms with Crippen molar-refractivity contribution in [2.45, 2.75) is 45.4 Å². The smallest absolute Gasteiger partial charge is 0.133 e. The van der Waals surface area contributed by atoms with E-state index in [9.17, 15) is 4.79 Å². The van der Waals surface area contributed by atoms with Crippen LogP contribution in [0, 0.1) is 10.8 Å². The third-order valence-corrected chi connectivity index (χ3v) is 4.75. The van der Waals surface area contributed by atoms with Crippen molar-refractivity contribution in [2.24, 2.45) is 10.8 Å². The minimum Gasteiger partial charge on any atom is -0.377 e. The van der Waals surface area contributed by atoms with Gasteiger partial charge >= 0.3 is 0 Å². The second-order valence-electron chi connectivity index (χ2n) is 5.71. The molecule has 0 spiro atoms. The van der Waals surface area contributed by atoms with Gasteiger partial charge in [0.05, 0.1) is 13.2 Å². The molecule has 2 aliphatic rings. The van der Waals surface area contributed by atoms with E-state index in [1.165, 1.54) is 19.3 Å². The van der Waals surface area contributed by atoms with Gasteiger partial charge in [-0.05, 0) is 30.1 Å². The summed E-state index contributed by atoms with van der Waals surface area (Å²) in [6.07, 6.45) is 8.03. The molecule has 2 atom stereocenters. The molecule has 0 saturated heterocycles. The first-order chi connectivity index (χ1) is 7.62. The summed E-state index contributed by atoms with van der Waals surface area (Å²) >= 11 is 0. The van der Waals surface area contributed by atoms with E-state index in [0.29, 0.717) is 12.4 Å². The fourth-order valence-electron chi connectivity index (χ4n) is 3.65. The van der Waals surface area contributed by atoms with Crippen LogP contribution in [0.25, 0.3) is 0 Å². The largest absolute Gasteiger partial charge is 0.377 e. The standard InChI is InChI=1S/C14H22O2/c1-3-9-16-11-14-7-4-6-13(14,2)10-12(15)5-8-14/h3H,1,4-11H2,2H3/t13-,14+/m1/s1. The van der Waals surface area contributed by atoms with Crippen LogP contribution in [0.3, 0.4) is 0 Å². The molecule has 0 aromatic rings. The van der Waals surface area contributed by atoms with Gasteiger partial charge in [0, 0.05) is 12.8 Å². The highest BCUT2D eigenvalue weighted by atomic mass is 16.5. The summed E-state index contributed by atoms with van der Waals surface area (Å²) in [5.41, 5.74) is 0.466. The number of fused-ring (bicyclic) bond motifs is 1. The van der Waals surface area contributed by atoms with Crippen molar-refractivity contribution in [2.75, 3.05) is 13.2 Å². The number of ether oxygens (including phenoxy) is 1. The normalized spacial score (nSPS) is 38.4. The van der Waals surface area contributed by atoms with E-state index in [-0.39, 0.29) is 10.8 Å². The lowest BCUT2D eigenvalue weighted by Crippen LogP contribution is -2.44. The number of ketones is 1. The monoisotopic (exact) mass is 222 g/mol. The van der Waals surface area contributed by atoms with E-state index >= 15 is 0 Å². The summed E-state index contributed by atoms with van der Waals surface area (Å²) in [5, 5.41) is 0. The molecule has 2 fully saturated rings. The molecule has 2 rings (SSSR count). The number of hydrogen-bond donors (Lipinski definition) is 0. The summed E-state index contributed by atoms with van der Waals surface area (Å²) in [6.45, 7) is 7.40. The molecule has 0 aromatic heterocycles. The zero-order valence-corrected chi connectivity index (χ0v) is 10.3. The van der Waals surface area contributed by atoms with Crippen molar-refractivity contribution < 1.29 is 9.53 Å². The van der Waals surface area contributed by atoms with Crippen molar-refractivity contribution in [3.05, 3.63) is 12.7 Å². The number of hydrogen-bond acceptors (Lipinski definition) is 2. The van der Waals surface area contributed by atoms with Crippen molar-refractivity contribution in [1.82, 2.24) is 0 Å². The number of Topliss-reactive ketones (excluding diaryl/α,β-unsaturated/α-hetero) is 1. The minimum absolute atomic E-state index is 0.198. The molecule has 2 heteroatoms. The van der Waals surface area contributed by atoms with Gasteiger partial charge in [-0.15, -0.1) is 6.58 Å². The van der Waals surface area contributed by atoms with Crippen LogP contribution in [-0.2, 0) is 9.53 Å². The average molecular weight is 222 g/mol. The summed E-state index contributed by atoms with van der Waals surface area (Å²) in [4.78, 5) is 11.6. The van der Waals surface area contributed by atoms with Crippen molar-refractivity contribution in [1.29, 1.82) is 0 Å². The van der Waals surface area contributed by atoms with Gasteiger partial charge in [0.15, 0.2) is 0 Å². The topological polar surface area (TPSA) is 26.3 Å². The summed E-state index contributed by atoms with van der Waals surface area (Å²) in [7, 11) is 0. The first-order valence-electron chi connectivity index (χ1n) is 6.32. The third-order valence-electron chi connectivity index (χ3n) is 4.75. The van der Waals surface area contributed by atoms with Gasteiger partial charge in [0.2, 0.25) is 0 Å². The van der Waals surface area contributed by atoms with E-state index in [2.05, 4.69) is 13.5 Å². The molecule has 0 heterocycles. The first kappa shape index (κ1) is 11.8. The lowest BCUT2D eigenvalue weighted by atomic mass is 9.59. The second-order valence-corrected chi connectivity index (χ2v) is 5.71. The average Bonchev–Trinajstić information content (AvgIpc) is 2.55. The molecule has 0 amide bonds. The predicted molar refractivity (Wildman–Crippen MR) is 64.3 cm³/mol. The molecular formula is C14H22O2. The van der Waals surface area contributed by atoms with Gasteiger partial charge in [-0.1, -0.05) is 19.4 Å². The molecule has 0 N–H and O–H groups in total. The molecule has 16 heavy (non-hydrogen) atoms. The highest BCUT2D eigenvalue weighted by Crippen LogP contribution is 2.60. The van der Waals surface area contributed by atoms with E-state index < -0.39 is 0 Å². The van der Waals surface area contributed by atoms with E-state index in [1.807, 2.05) is 0 Å². The fourth-order valence-corrected chi connectivity index (χ4v) is 3.65. The maximum absolute atomic E-state index is 11.6. The third kappa shape index (κ3) is 1.84. The van der Waals surface area contributed by atoms with Gasteiger partial charge in [0.25, 0.3) is 0 Å². The lowest BCUT2D eigenvalue weighted by molar-refractivity contribution is -0.131. The van der Waals surface area contributed by atoms with Crippen LogP contribution in [-0.4, -0.2) is 19.0 Å². The minimum atomic E-state index is 0.198. The van der Waals surface area contributed by atoms with Gasteiger partial charge in [-0.3, -0.25) is 4.79 Å².